The maximum Gasteiger partial charge on any atom is 0.238 e. The molecule has 33 heavy (non-hydrogen) atoms. The third-order valence-corrected chi connectivity index (χ3v) is 6.40. The minimum atomic E-state index is 0.0248. The molecule has 2 aliphatic heterocycles. The van der Waals surface area contributed by atoms with E-state index in [1.165, 1.54) is 11.1 Å². The average molecular weight is 443 g/mol. The Morgan fingerprint density at radius 3 is 2.58 bits per heavy atom. The molecule has 1 amide bonds. The highest BCUT2D eigenvalue weighted by atomic mass is 16.5. The van der Waals surface area contributed by atoms with Crippen LogP contribution >= 0.6 is 0 Å². The van der Waals surface area contributed by atoms with E-state index in [2.05, 4.69) is 40.5 Å². The molecule has 0 aliphatic carbocycles. The summed E-state index contributed by atoms with van der Waals surface area (Å²) < 4.78 is 11.7. The molecule has 5 rings (SSSR count). The zero-order valence-corrected chi connectivity index (χ0v) is 18.8. The van der Waals surface area contributed by atoms with Crippen LogP contribution in [0.3, 0.4) is 0 Å². The Bertz CT molecular complexity index is 1100. The first-order valence-electron chi connectivity index (χ1n) is 11.8. The van der Waals surface area contributed by atoms with Gasteiger partial charge in [-0.2, -0.15) is 0 Å². The summed E-state index contributed by atoms with van der Waals surface area (Å²) in [5.41, 5.74) is 4.43. The highest BCUT2D eigenvalue weighted by Gasteiger charge is 2.28. The van der Waals surface area contributed by atoms with Gasteiger partial charge in [-0.25, -0.2) is 0 Å². The van der Waals surface area contributed by atoms with Crippen molar-refractivity contribution in [2.45, 2.75) is 31.7 Å². The largest absolute Gasteiger partial charge is 0.490 e. The van der Waals surface area contributed by atoms with E-state index in [1.54, 1.807) is 0 Å². The molecular weight excluding hydrogens is 412 g/mol. The van der Waals surface area contributed by atoms with Gasteiger partial charge in [0.05, 0.1) is 19.8 Å². The van der Waals surface area contributed by atoms with Crippen LogP contribution in [0.2, 0.25) is 0 Å². The SMILES string of the molecule is O=C(CN1CCC[C@H]1c1ccc2c(c1)OCCCO2)Nc1ccccc1Cc1ccccc1. The van der Waals surface area contributed by atoms with E-state index in [0.29, 0.717) is 19.8 Å². The number of ether oxygens (including phenoxy) is 2. The summed E-state index contributed by atoms with van der Waals surface area (Å²) >= 11 is 0. The lowest BCUT2D eigenvalue weighted by molar-refractivity contribution is -0.117. The molecule has 0 bridgehead atoms. The lowest BCUT2D eigenvalue weighted by Crippen LogP contribution is -2.33. The molecule has 1 saturated heterocycles. The summed E-state index contributed by atoms with van der Waals surface area (Å²) in [6.45, 7) is 2.65. The number of benzene rings is 3. The highest BCUT2D eigenvalue weighted by Crippen LogP contribution is 2.37. The number of anilines is 1. The van der Waals surface area contributed by atoms with Gasteiger partial charge in [0.2, 0.25) is 5.91 Å². The lowest BCUT2D eigenvalue weighted by Gasteiger charge is -2.25. The molecule has 5 heteroatoms. The predicted molar refractivity (Wildman–Crippen MR) is 130 cm³/mol. The number of para-hydroxylation sites is 1. The lowest BCUT2D eigenvalue weighted by atomic mass is 10.0. The number of hydrogen-bond acceptors (Lipinski definition) is 4. The van der Waals surface area contributed by atoms with Gasteiger partial charge in [-0.3, -0.25) is 9.69 Å². The van der Waals surface area contributed by atoms with Gasteiger partial charge >= 0.3 is 0 Å². The van der Waals surface area contributed by atoms with Crippen LogP contribution in [0.5, 0.6) is 11.5 Å². The normalized spacial score (nSPS) is 18.0. The average Bonchev–Trinajstić information content (AvgIpc) is 3.16. The van der Waals surface area contributed by atoms with Crippen molar-refractivity contribution >= 4 is 11.6 Å². The fraction of sp³-hybridized carbons (Fsp3) is 0.321. The first kappa shape index (κ1) is 21.5. The summed E-state index contributed by atoms with van der Waals surface area (Å²) in [5, 5.41) is 3.16. The molecule has 0 radical (unpaired) electrons. The Labute approximate surface area is 195 Å². The number of carbonyl (C=O) groups excluding carboxylic acids is 1. The van der Waals surface area contributed by atoms with Gasteiger partial charge < -0.3 is 14.8 Å². The van der Waals surface area contributed by atoms with E-state index in [-0.39, 0.29) is 11.9 Å². The second-order valence-corrected chi connectivity index (χ2v) is 8.75. The monoisotopic (exact) mass is 442 g/mol. The third-order valence-electron chi connectivity index (χ3n) is 6.40. The van der Waals surface area contributed by atoms with Gasteiger partial charge in [-0.05, 0) is 60.7 Å². The number of carbonyl (C=O) groups is 1. The van der Waals surface area contributed by atoms with E-state index in [1.807, 2.05) is 42.5 Å². The second-order valence-electron chi connectivity index (χ2n) is 8.75. The Hall–Kier alpha value is -3.31. The van der Waals surface area contributed by atoms with Gasteiger partial charge in [0.25, 0.3) is 0 Å². The first-order valence-corrected chi connectivity index (χ1v) is 11.8. The summed E-state index contributed by atoms with van der Waals surface area (Å²) in [6.07, 6.45) is 3.81. The van der Waals surface area contributed by atoms with Gasteiger partial charge in [0.1, 0.15) is 0 Å². The molecule has 1 N–H and O–H groups in total. The molecule has 3 aromatic carbocycles. The van der Waals surface area contributed by atoms with E-state index < -0.39 is 0 Å². The molecular formula is C28H30N2O3. The Morgan fingerprint density at radius 1 is 0.909 bits per heavy atom. The van der Waals surface area contributed by atoms with Crippen molar-refractivity contribution in [3.8, 4) is 11.5 Å². The molecule has 1 fully saturated rings. The first-order chi connectivity index (χ1) is 16.3. The van der Waals surface area contributed by atoms with Crippen LogP contribution in [0, 0.1) is 0 Å². The molecule has 0 aromatic heterocycles. The molecule has 0 saturated carbocycles. The zero-order valence-electron chi connectivity index (χ0n) is 18.8. The second kappa shape index (κ2) is 10.1. The molecule has 1 atom stereocenters. The zero-order chi connectivity index (χ0) is 22.5. The Morgan fingerprint density at radius 2 is 1.70 bits per heavy atom. The van der Waals surface area contributed by atoms with Crippen molar-refractivity contribution in [1.29, 1.82) is 0 Å². The summed E-state index contributed by atoms with van der Waals surface area (Å²) in [4.78, 5) is 15.3. The van der Waals surface area contributed by atoms with E-state index >= 15 is 0 Å². The van der Waals surface area contributed by atoms with Crippen molar-refractivity contribution in [3.63, 3.8) is 0 Å². The standard InChI is InChI=1S/C28H30N2O3/c31-28(29-24-11-5-4-10-22(24)18-21-8-2-1-3-9-21)20-30-15-6-12-25(30)23-13-14-26-27(19-23)33-17-7-16-32-26/h1-5,8-11,13-14,19,25H,6-7,12,15-18,20H2,(H,29,31)/t25-/m0/s1. The van der Waals surface area contributed by atoms with E-state index in [9.17, 15) is 4.79 Å². The maximum atomic E-state index is 13.0. The number of likely N-dealkylation sites (tertiary alicyclic amines) is 1. The van der Waals surface area contributed by atoms with Gasteiger partial charge in [0, 0.05) is 18.2 Å². The van der Waals surface area contributed by atoms with Gasteiger partial charge in [0.15, 0.2) is 11.5 Å². The molecule has 0 unspecified atom stereocenters. The summed E-state index contributed by atoms with van der Waals surface area (Å²) in [6, 6.07) is 24.8. The molecule has 3 aromatic rings. The van der Waals surface area contributed by atoms with Crippen LogP contribution in [0.15, 0.2) is 72.8 Å². The topological polar surface area (TPSA) is 50.8 Å². The van der Waals surface area contributed by atoms with Crippen LogP contribution in [0.1, 0.15) is 42.0 Å². The number of rotatable bonds is 6. The number of nitrogens with zero attached hydrogens (tertiary/aromatic N) is 1. The fourth-order valence-corrected chi connectivity index (χ4v) is 4.77. The van der Waals surface area contributed by atoms with Crippen molar-refractivity contribution in [3.05, 3.63) is 89.5 Å². The highest BCUT2D eigenvalue weighted by molar-refractivity contribution is 5.93. The van der Waals surface area contributed by atoms with Crippen molar-refractivity contribution in [2.75, 3.05) is 31.6 Å². The molecule has 2 aliphatic rings. The smallest absolute Gasteiger partial charge is 0.238 e. The summed E-state index contributed by atoms with van der Waals surface area (Å²) in [5.74, 6) is 1.65. The van der Waals surface area contributed by atoms with Crippen LogP contribution in [0.4, 0.5) is 5.69 Å². The maximum absolute atomic E-state index is 13.0. The molecule has 170 valence electrons. The predicted octanol–water partition coefficient (Wildman–Crippen LogP) is 5.21. The van der Waals surface area contributed by atoms with Crippen molar-refractivity contribution < 1.29 is 14.3 Å². The molecule has 2 heterocycles. The van der Waals surface area contributed by atoms with Crippen LogP contribution in [-0.2, 0) is 11.2 Å². The molecule has 5 nitrogen and oxygen atoms in total. The third kappa shape index (κ3) is 5.20. The quantitative estimate of drug-likeness (QED) is 0.569. The van der Waals surface area contributed by atoms with Crippen LogP contribution < -0.4 is 14.8 Å². The summed E-state index contributed by atoms with van der Waals surface area (Å²) in [7, 11) is 0. The van der Waals surface area contributed by atoms with Crippen molar-refractivity contribution in [2.24, 2.45) is 0 Å². The van der Waals surface area contributed by atoms with Crippen molar-refractivity contribution in [1.82, 2.24) is 4.90 Å². The van der Waals surface area contributed by atoms with Gasteiger partial charge in [-0.15, -0.1) is 0 Å². The van der Waals surface area contributed by atoms with E-state index in [4.69, 9.17) is 9.47 Å². The minimum absolute atomic E-state index is 0.0248. The number of fused-ring (bicyclic) bond motifs is 1. The minimum Gasteiger partial charge on any atom is -0.490 e. The Balaban J connectivity index is 1.26. The number of hydrogen-bond donors (Lipinski definition) is 1. The number of nitrogens with one attached hydrogen (secondary N) is 1. The van der Waals surface area contributed by atoms with E-state index in [0.717, 1.165) is 55.0 Å². The number of amides is 1. The Kier molecular flexibility index (Phi) is 6.58. The fourth-order valence-electron chi connectivity index (χ4n) is 4.77. The van der Waals surface area contributed by atoms with Gasteiger partial charge in [-0.1, -0.05) is 54.6 Å². The van der Waals surface area contributed by atoms with Crippen LogP contribution in [-0.4, -0.2) is 37.1 Å². The van der Waals surface area contributed by atoms with Crippen LogP contribution in [0.25, 0.3) is 0 Å². The molecule has 0 spiro atoms.